The molecule has 0 fully saturated rings. The maximum absolute atomic E-state index is 9.35. The number of aromatic nitrogens is 1. The first-order valence-corrected chi connectivity index (χ1v) is 8.33. The van der Waals surface area contributed by atoms with Crippen molar-refractivity contribution >= 4 is 11.8 Å². The number of hydrogen-bond donors (Lipinski definition) is 0. The molecule has 0 bridgehead atoms. The van der Waals surface area contributed by atoms with Gasteiger partial charge >= 0.3 is 0 Å². The Morgan fingerprint density at radius 2 is 1.74 bits per heavy atom. The lowest BCUT2D eigenvalue weighted by atomic mass is 10.1. The van der Waals surface area contributed by atoms with Gasteiger partial charge in [0.1, 0.15) is 22.6 Å². The van der Waals surface area contributed by atoms with E-state index in [2.05, 4.69) is 11.1 Å². The minimum absolute atomic E-state index is 0.551. The summed E-state index contributed by atoms with van der Waals surface area (Å²) in [6.45, 7) is 6.50. The van der Waals surface area contributed by atoms with E-state index in [9.17, 15) is 5.26 Å². The van der Waals surface area contributed by atoms with Gasteiger partial charge in [-0.3, -0.25) is 0 Å². The molecule has 0 aliphatic rings. The average Bonchev–Trinajstić information content (AvgIpc) is 2.57. The number of ether oxygens (including phenoxy) is 2. The molecule has 0 saturated carbocycles. The van der Waals surface area contributed by atoms with Crippen molar-refractivity contribution < 1.29 is 9.47 Å². The van der Waals surface area contributed by atoms with Crippen molar-refractivity contribution in [3.05, 3.63) is 46.6 Å². The van der Waals surface area contributed by atoms with Gasteiger partial charge in [0.15, 0.2) is 0 Å². The molecular weight excluding hydrogens is 308 g/mol. The molecule has 0 N–H and O–H groups in total. The summed E-state index contributed by atoms with van der Waals surface area (Å²) in [6.07, 6.45) is 0. The van der Waals surface area contributed by atoms with Crippen molar-refractivity contribution in [1.29, 1.82) is 5.26 Å². The highest BCUT2D eigenvalue weighted by Crippen LogP contribution is 2.26. The molecule has 120 valence electrons. The first-order valence-electron chi connectivity index (χ1n) is 7.34. The lowest BCUT2D eigenvalue weighted by Crippen LogP contribution is -2.03. The second-order valence-corrected chi connectivity index (χ2v) is 6.20. The van der Waals surface area contributed by atoms with Crippen LogP contribution in [0.4, 0.5) is 0 Å². The predicted octanol–water partition coefficient (Wildman–Crippen LogP) is 4.06. The zero-order chi connectivity index (χ0) is 16.8. The number of aryl methyl sites for hydroxylation is 1. The van der Waals surface area contributed by atoms with Gasteiger partial charge in [0.25, 0.3) is 0 Å². The standard InChI is InChI=1S/C18H20N2O2S/c1-12-13(2)17(11-19)18(20-14(12)3)23-10-9-22-16-7-5-15(21-4)6-8-16/h5-8H,9-10H2,1-4H3. The van der Waals surface area contributed by atoms with E-state index in [4.69, 9.17) is 9.47 Å². The maximum atomic E-state index is 9.35. The predicted molar refractivity (Wildman–Crippen MR) is 92.4 cm³/mol. The fourth-order valence-corrected chi connectivity index (χ4v) is 3.02. The summed E-state index contributed by atoms with van der Waals surface area (Å²) < 4.78 is 10.8. The molecular formula is C18H20N2O2S. The highest BCUT2D eigenvalue weighted by Gasteiger charge is 2.12. The van der Waals surface area contributed by atoms with Gasteiger partial charge in [-0.05, 0) is 56.2 Å². The van der Waals surface area contributed by atoms with Crippen LogP contribution in [0.25, 0.3) is 0 Å². The molecule has 2 rings (SSSR count). The number of benzene rings is 1. The number of methoxy groups -OCH3 is 1. The third-order valence-electron chi connectivity index (χ3n) is 3.73. The molecule has 0 spiro atoms. The lowest BCUT2D eigenvalue weighted by molar-refractivity contribution is 0.342. The SMILES string of the molecule is COc1ccc(OCCSc2nc(C)c(C)c(C)c2C#N)cc1. The van der Waals surface area contributed by atoms with Gasteiger partial charge in [-0.1, -0.05) is 0 Å². The van der Waals surface area contributed by atoms with Gasteiger partial charge in [-0.2, -0.15) is 5.26 Å². The van der Waals surface area contributed by atoms with Gasteiger partial charge in [0, 0.05) is 11.4 Å². The summed E-state index contributed by atoms with van der Waals surface area (Å²) in [5.74, 6) is 2.34. The molecule has 0 aliphatic heterocycles. The van der Waals surface area contributed by atoms with E-state index in [1.165, 1.54) is 0 Å². The van der Waals surface area contributed by atoms with E-state index in [0.717, 1.165) is 39.1 Å². The van der Waals surface area contributed by atoms with Crippen molar-refractivity contribution in [3.8, 4) is 17.6 Å². The van der Waals surface area contributed by atoms with Gasteiger partial charge in [0.05, 0.1) is 19.3 Å². The normalized spacial score (nSPS) is 10.2. The van der Waals surface area contributed by atoms with Gasteiger partial charge in [-0.15, -0.1) is 11.8 Å². The first-order chi connectivity index (χ1) is 11.1. The Labute approximate surface area is 141 Å². The van der Waals surface area contributed by atoms with Crippen molar-refractivity contribution in [2.24, 2.45) is 0 Å². The number of thioether (sulfide) groups is 1. The molecule has 1 aromatic heterocycles. The lowest BCUT2D eigenvalue weighted by Gasteiger charge is -2.11. The van der Waals surface area contributed by atoms with E-state index in [1.54, 1.807) is 18.9 Å². The van der Waals surface area contributed by atoms with E-state index in [1.807, 2.05) is 45.0 Å². The summed E-state index contributed by atoms with van der Waals surface area (Å²) >= 11 is 1.55. The molecule has 0 amide bonds. The second kappa shape index (κ2) is 7.89. The molecule has 0 aliphatic carbocycles. The van der Waals surface area contributed by atoms with Crippen LogP contribution in [0, 0.1) is 32.1 Å². The third kappa shape index (κ3) is 4.17. The number of hydrogen-bond acceptors (Lipinski definition) is 5. The van der Waals surface area contributed by atoms with E-state index >= 15 is 0 Å². The highest BCUT2D eigenvalue weighted by atomic mass is 32.2. The van der Waals surface area contributed by atoms with Crippen molar-refractivity contribution in [3.63, 3.8) is 0 Å². The summed E-state index contributed by atoms with van der Waals surface area (Å²) in [7, 11) is 1.64. The maximum Gasteiger partial charge on any atom is 0.119 e. The minimum atomic E-state index is 0.551. The number of nitriles is 1. The highest BCUT2D eigenvalue weighted by molar-refractivity contribution is 7.99. The number of pyridine rings is 1. The molecule has 23 heavy (non-hydrogen) atoms. The smallest absolute Gasteiger partial charge is 0.119 e. The van der Waals surface area contributed by atoms with E-state index < -0.39 is 0 Å². The number of rotatable bonds is 6. The molecule has 0 unspecified atom stereocenters. The van der Waals surface area contributed by atoms with Gasteiger partial charge in [0.2, 0.25) is 0 Å². The molecule has 0 radical (unpaired) electrons. The van der Waals surface area contributed by atoms with Crippen LogP contribution in [0.15, 0.2) is 29.3 Å². The zero-order valence-corrected chi connectivity index (χ0v) is 14.7. The summed E-state index contributed by atoms with van der Waals surface area (Å²) in [5.41, 5.74) is 3.74. The van der Waals surface area contributed by atoms with Crippen LogP contribution in [0.3, 0.4) is 0 Å². The molecule has 1 heterocycles. The van der Waals surface area contributed by atoms with Crippen LogP contribution < -0.4 is 9.47 Å². The van der Waals surface area contributed by atoms with Crippen molar-refractivity contribution in [2.75, 3.05) is 19.5 Å². The summed E-state index contributed by atoms with van der Waals surface area (Å²) in [4.78, 5) is 4.54. The molecule has 5 heteroatoms. The molecule has 0 atom stereocenters. The first kappa shape index (κ1) is 17.2. The Morgan fingerprint density at radius 3 is 2.35 bits per heavy atom. The van der Waals surface area contributed by atoms with Crippen LogP contribution in [0.1, 0.15) is 22.4 Å². The third-order valence-corrected chi connectivity index (χ3v) is 4.67. The average molecular weight is 328 g/mol. The molecule has 1 aromatic carbocycles. The van der Waals surface area contributed by atoms with Crippen LogP contribution in [0.5, 0.6) is 11.5 Å². The molecule has 0 saturated heterocycles. The van der Waals surface area contributed by atoms with Crippen molar-refractivity contribution in [1.82, 2.24) is 4.98 Å². The molecule has 2 aromatic rings. The fourth-order valence-electron chi connectivity index (χ4n) is 2.12. The Balaban J connectivity index is 1.95. The Kier molecular flexibility index (Phi) is 5.89. The Morgan fingerprint density at radius 1 is 1.09 bits per heavy atom. The van der Waals surface area contributed by atoms with Gasteiger partial charge in [-0.25, -0.2) is 4.98 Å². The summed E-state index contributed by atoms with van der Waals surface area (Å²) in [5, 5.41) is 10.1. The van der Waals surface area contributed by atoms with Gasteiger partial charge < -0.3 is 9.47 Å². The van der Waals surface area contributed by atoms with Crippen molar-refractivity contribution in [2.45, 2.75) is 25.8 Å². The largest absolute Gasteiger partial charge is 0.497 e. The Hall–Kier alpha value is -2.19. The second-order valence-electron chi connectivity index (χ2n) is 5.11. The van der Waals surface area contributed by atoms with E-state index in [-0.39, 0.29) is 0 Å². The zero-order valence-electron chi connectivity index (χ0n) is 13.8. The van der Waals surface area contributed by atoms with E-state index in [0.29, 0.717) is 12.2 Å². The minimum Gasteiger partial charge on any atom is -0.497 e. The van der Waals surface area contributed by atoms with Crippen LogP contribution in [-0.4, -0.2) is 24.5 Å². The monoisotopic (exact) mass is 328 g/mol. The van der Waals surface area contributed by atoms with Crippen LogP contribution >= 0.6 is 11.8 Å². The van der Waals surface area contributed by atoms with Crippen LogP contribution in [0.2, 0.25) is 0 Å². The summed E-state index contributed by atoms with van der Waals surface area (Å²) in [6, 6.07) is 9.75. The Bertz CT molecular complexity index is 721. The molecule has 4 nitrogen and oxygen atoms in total. The number of nitrogens with zero attached hydrogens (tertiary/aromatic N) is 2. The fraction of sp³-hybridized carbons (Fsp3) is 0.333. The topological polar surface area (TPSA) is 55.1 Å². The quantitative estimate of drug-likeness (QED) is 0.591. The van der Waals surface area contributed by atoms with Crippen LogP contribution in [-0.2, 0) is 0 Å².